The van der Waals surface area contributed by atoms with Crippen LogP contribution in [0.25, 0.3) is 0 Å². The Balaban J connectivity index is 2.49. The lowest BCUT2D eigenvalue weighted by atomic mass is 10.1. The summed E-state index contributed by atoms with van der Waals surface area (Å²) in [5, 5.41) is 21.7. The Morgan fingerprint density at radius 2 is 1.81 bits per heavy atom. The molecule has 3 N–H and O–H groups in total. The number of rotatable bonds is 3. The quantitative estimate of drug-likeness (QED) is 0.716. The summed E-state index contributed by atoms with van der Waals surface area (Å²) >= 11 is 0. The summed E-state index contributed by atoms with van der Waals surface area (Å²) in [7, 11) is 0. The number of carbonyl (C=O) groups is 2. The number of carbonyl (C=O) groups excluding carboxylic acids is 2. The summed E-state index contributed by atoms with van der Waals surface area (Å²) in [4.78, 5) is 38.4. The largest absolute Gasteiger partial charge is 0.506 e. The zero-order valence-electron chi connectivity index (χ0n) is 10.8. The number of hydrogen-bond donors (Lipinski definition) is 3. The lowest BCUT2D eigenvalue weighted by Crippen LogP contribution is -2.18. The van der Waals surface area contributed by atoms with Crippen LogP contribution >= 0.6 is 0 Å². The zero-order chi connectivity index (χ0) is 15.6. The molecule has 2 rings (SSSR count). The molecule has 0 unspecified atom stereocenters. The van der Waals surface area contributed by atoms with E-state index in [9.17, 15) is 24.6 Å². The third-order valence-corrected chi connectivity index (χ3v) is 2.60. The van der Waals surface area contributed by atoms with Crippen molar-refractivity contribution in [2.45, 2.75) is 6.92 Å². The Bertz CT molecular complexity index is 766. The molecule has 0 saturated carbocycles. The molecule has 8 heteroatoms. The van der Waals surface area contributed by atoms with Gasteiger partial charge in [0.05, 0.1) is 0 Å². The molecule has 0 aliphatic heterocycles. The molecule has 0 aliphatic rings. The summed E-state index contributed by atoms with van der Waals surface area (Å²) in [5.41, 5.74) is -2.29. The van der Waals surface area contributed by atoms with Crippen molar-refractivity contribution in [2.75, 3.05) is 5.32 Å². The van der Waals surface area contributed by atoms with Crippen LogP contribution in [0.5, 0.6) is 11.7 Å². The van der Waals surface area contributed by atoms with E-state index in [1.165, 1.54) is 24.5 Å². The third kappa shape index (κ3) is 2.73. The Hall–Kier alpha value is -3.16. The predicted octanol–water partition coefficient (Wildman–Crippen LogP) is 0.901. The zero-order valence-corrected chi connectivity index (χ0v) is 10.8. The standard InChI is InChI=1S/C13H10N2O6/c1-6(16)8-10(17)9(13(20)21-12(8)19)11(18)15-7-2-4-14-5-3-7/h2-5,17,20H,1H3,(H,14,15,18). The van der Waals surface area contributed by atoms with Gasteiger partial charge in [-0.1, -0.05) is 0 Å². The van der Waals surface area contributed by atoms with E-state index in [1.54, 1.807) is 0 Å². The lowest BCUT2D eigenvalue weighted by molar-refractivity contribution is 0.100. The van der Waals surface area contributed by atoms with E-state index in [0.29, 0.717) is 5.69 Å². The molecule has 0 fully saturated rings. The van der Waals surface area contributed by atoms with Crippen LogP contribution in [0.4, 0.5) is 5.69 Å². The molecule has 0 atom stereocenters. The van der Waals surface area contributed by atoms with Crippen LogP contribution in [0.1, 0.15) is 27.6 Å². The highest BCUT2D eigenvalue weighted by molar-refractivity contribution is 6.10. The average Bonchev–Trinajstić information content (AvgIpc) is 2.38. The average molecular weight is 290 g/mol. The first kappa shape index (κ1) is 14.3. The van der Waals surface area contributed by atoms with Gasteiger partial charge in [0.15, 0.2) is 17.1 Å². The number of hydrogen-bond acceptors (Lipinski definition) is 7. The van der Waals surface area contributed by atoms with Crippen molar-refractivity contribution in [1.29, 1.82) is 0 Å². The predicted molar refractivity (Wildman–Crippen MR) is 70.5 cm³/mol. The first-order valence-corrected chi connectivity index (χ1v) is 5.73. The number of amides is 1. The fourth-order valence-electron chi connectivity index (χ4n) is 1.66. The van der Waals surface area contributed by atoms with Crippen LogP contribution in [0, 0.1) is 0 Å². The molecule has 21 heavy (non-hydrogen) atoms. The van der Waals surface area contributed by atoms with E-state index in [1.807, 2.05) is 0 Å². The van der Waals surface area contributed by atoms with Gasteiger partial charge in [-0.15, -0.1) is 0 Å². The van der Waals surface area contributed by atoms with Crippen LogP contribution in [0.2, 0.25) is 0 Å². The molecule has 0 spiro atoms. The number of nitrogens with zero attached hydrogens (tertiary/aromatic N) is 1. The summed E-state index contributed by atoms with van der Waals surface area (Å²) in [6.45, 7) is 1.02. The van der Waals surface area contributed by atoms with E-state index in [2.05, 4.69) is 14.7 Å². The smallest absolute Gasteiger partial charge is 0.353 e. The number of anilines is 1. The second-order valence-corrected chi connectivity index (χ2v) is 4.04. The normalized spacial score (nSPS) is 10.1. The molecule has 0 saturated heterocycles. The Kier molecular flexibility index (Phi) is 3.70. The van der Waals surface area contributed by atoms with Crippen molar-refractivity contribution in [2.24, 2.45) is 0 Å². The van der Waals surface area contributed by atoms with Crippen molar-refractivity contribution < 1.29 is 24.2 Å². The molecule has 2 heterocycles. The van der Waals surface area contributed by atoms with Gasteiger partial charge in [0.2, 0.25) is 0 Å². The summed E-state index contributed by atoms with van der Waals surface area (Å²) in [6, 6.07) is 2.94. The van der Waals surface area contributed by atoms with Gasteiger partial charge < -0.3 is 19.9 Å². The minimum Gasteiger partial charge on any atom is -0.506 e. The van der Waals surface area contributed by atoms with Crippen LogP contribution in [-0.2, 0) is 0 Å². The summed E-state index contributed by atoms with van der Waals surface area (Å²) < 4.78 is 4.39. The Morgan fingerprint density at radius 3 is 2.38 bits per heavy atom. The minimum atomic E-state index is -1.22. The van der Waals surface area contributed by atoms with Crippen molar-refractivity contribution >= 4 is 17.4 Å². The molecular formula is C13H10N2O6. The molecule has 0 bridgehead atoms. The van der Waals surface area contributed by atoms with E-state index >= 15 is 0 Å². The van der Waals surface area contributed by atoms with Crippen molar-refractivity contribution in [3.8, 4) is 11.7 Å². The fraction of sp³-hybridized carbons (Fsp3) is 0.0769. The van der Waals surface area contributed by atoms with Gasteiger partial charge in [-0.25, -0.2) is 4.79 Å². The van der Waals surface area contributed by atoms with E-state index in [-0.39, 0.29) is 0 Å². The van der Waals surface area contributed by atoms with Gasteiger partial charge in [-0.05, 0) is 19.1 Å². The van der Waals surface area contributed by atoms with Gasteiger partial charge >= 0.3 is 11.6 Å². The number of nitrogens with one attached hydrogen (secondary N) is 1. The molecular weight excluding hydrogens is 280 g/mol. The first-order chi connectivity index (χ1) is 9.91. The van der Waals surface area contributed by atoms with Crippen LogP contribution in [-0.4, -0.2) is 26.9 Å². The SMILES string of the molecule is CC(=O)c1c(O)c(C(=O)Nc2ccncc2)c(O)oc1=O. The topological polar surface area (TPSA) is 130 Å². The van der Waals surface area contributed by atoms with Crippen molar-refractivity contribution in [3.63, 3.8) is 0 Å². The third-order valence-electron chi connectivity index (χ3n) is 2.60. The number of pyridine rings is 1. The number of aromatic nitrogens is 1. The highest BCUT2D eigenvalue weighted by atomic mass is 16.5. The Labute approximate surface area is 117 Å². The lowest BCUT2D eigenvalue weighted by Gasteiger charge is -2.08. The number of ketones is 1. The highest BCUT2D eigenvalue weighted by Crippen LogP contribution is 2.29. The molecule has 2 aromatic heterocycles. The van der Waals surface area contributed by atoms with E-state index in [4.69, 9.17) is 0 Å². The monoisotopic (exact) mass is 290 g/mol. The maximum atomic E-state index is 12.0. The van der Waals surface area contributed by atoms with Crippen molar-refractivity contribution in [1.82, 2.24) is 4.98 Å². The molecule has 0 aromatic carbocycles. The molecule has 1 amide bonds. The first-order valence-electron chi connectivity index (χ1n) is 5.73. The second-order valence-electron chi connectivity index (χ2n) is 4.04. The van der Waals surface area contributed by atoms with Gasteiger partial charge in [0.25, 0.3) is 5.91 Å². The molecule has 8 nitrogen and oxygen atoms in total. The van der Waals surface area contributed by atoms with E-state index < -0.39 is 40.1 Å². The minimum absolute atomic E-state index is 0.337. The molecule has 108 valence electrons. The van der Waals surface area contributed by atoms with Crippen LogP contribution < -0.4 is 10.9 Å². The molecule has 0 radical (unpaired) electrons. The van der Waals surface area contributed by atoms with Crippen molar-refractivity contribution in [3.05, 3.63) is 46.1 Å². The highest BCUT2D eigenvalue weighted by Gasteiger charge is 2.26. The second kappa shape index (κ2) is 5.45. The van der Waals surface area contributed by atoms with Crippen LogP contribution in [0.3, 0.4) is 0 Å². The van der Waals surface area contributed by atoms with Gasteiger partial charge in [0, 0.05) is 18.1 Å². The van der Waals surface area contributed by atoms with Gasteiger partial charge in [-0.3, -0.25) is 14.6 Å². The molecule has 0 aliphatic carbocycles. The maximum Gasteiger partial charge on any atom is 0.353 e. The van der Waals surface area contributed by atoms with Crippen LogP contribution in [0.15, 0.2) is 33.7 Å². The van der Waals surface area contributed by atoms with E-state index in [0.717, 1.165) is 6.92 Å². The fourth-order valence-corrected chi connectivity index (χ4v) is 1.66. The summed E-state index contributed by atoms with van der Waals surface area (Å²) in [5.74, 6) is -3.74. The number of Topliss-reactive ketones (excluding diaryl/α,β-unsaturated/α-hetero) is 1. The van der Waals surface area contributed by atoms with Gasteiger partial charge in [0.1, 0.15) is 5.56 Å². The number of aromatic hydroxyl groups is 2. The van der Waals surface area contributed by atoms with Gasteiger partial charge in [-0.2, -0.15) is 0 Å². The Morgan fingerprint density at radius 1 is 1.19 bits per heavy atom. The molecule has 2 aromatic rings. The summed E-state index contributed by atoms with van der Waals surface area (Å²) in [6.07, 6.45) is 2.84. The maximum absolute atomic E-state index is 12.0.